The fourth-order valence-corrected chi connectivity index (χ4v) is 2.57. The summed E-state index contributed by atoms with van der Waals surface area (Å²) in [7, 11) is 0. The Kier molecular flexibility index (Phi) is 4.99. The maximum atomic E-state index is 12.2. The van der Waals surface area contributed by atoms with E-state index in [1.807, 2.05) is 36.4 Å². The van der Waals surface area contributed by atoms with Gasteiger partial charge >= 0.3 is 0 Å². The Bertz CT molecular complexity index is 594. The average Bonchev–Trinajstić information content (AvgIpc) is 2.48. The first-order valence-corrected chi connectivity index (χ1v) is 6.83. The second-order valence-electron chi connectivity index (χ2n) is 5.06. The number of hydrogen-bond acceptors (Lipinski definition) is 2. The topological polar surface area (TPSA) is 41.1 Å². The zero-order valence-corrected chi connectivity index (χ0v) is 12.1. The van der Waals surface area contributed by atoms with Gasteiger partial charge in [-0.1, -0.05) is 30.3 Å². The van der Waals surface area contributed by atoms with Gasteiger partial charge in [0.15, 0.2) is 0 Å². The number of nitrogens with one attached hydrogen (secondary N) is 2. The highest BCUT2D eigenvalue weighted by molar-refractivity contribution is 5.98. The summed E-state index contributed by atoms with van der Waals surface area (Å²) in [6, 6.07) is 14.3. The molecule has 0 unspecified atom stereocenters. The van der Waals surface area contributed by atoms with Gasteiger partial charge in [-0.25, -0.2) is 0 Å². The summed E-state index contributed by atoms with van der Waals surface area (Å²) in [5.41, 5.74) is 0.747. The first kappa shape index (κ1) is 14.8. The van der Waals surface area contributed by atoms with Crippen molar-refractivity contribution in [2.24, 2.45) is 0 Å². The Morgan fingerprint density at radius 3 is 2.50 bits per heavy atom. The van der Waals surface area contributed by atoms with Crippen LogP contribution in [-0.4, -0.2) is 25.0 Å². The standard InChI is InChI=1S/C16H18N2O.ClH/c19-16(18-15-7-9-17-10-8-15)14-6-5-12-3-1-2-4-13(12)11-14;/h1-6,11,15,17H,7-10H2,(H,18,19);1H. The third-order valence-electron chi connectivity index (χ3n) is 3.69. The molecule has 0 bridgehead atoms. The fraction of sp³-hybridized carbons (Fsp3) is 0.312. The van der Waals surface area contributed by atoms with Crippen LogP contribution in [0.15, 0.2) is 42.5 Å². The van der Waals surface area contributed by atoms with Crippen LogP contribution in [0.1, 0.15) is 23.2 Å². The van der Waals surface area contributed by atoms with Gasteiger partial charge in [0.25, 0.3) is 5.91 Å². The molecular formula is C16H19ClN2O. The third-order valence-corrected chi connectivity index (χ3v) is 3.69. The molecule has 0 aromatic heterocycles. The van der Waals surface area contributed by atoms with Crippen LogP contribution >= 0.6 is 12.4 Å². The molecule has 1 saturated heterocycles. The summed E-state index contributed by atoms with van der Waals surface area (Å²) < 4.78 is 0. The first-order valence-electron chi connectivity index (χ1n) is 6.83. The van der Waals surface area contributed by atoms with E-state index in [1.165, 1.54) is 5.39 Å². The molecule has 1 amide bonds. The minimum atomic E-state index is 0. The molecule has 1 aliphatic rings. The molecule has 3 rings (SSSR count). The molecule has 1 fully saturated rings. The number of amides is 1. The van der Waals surface area contributed by atoms with E-state index in [1.54, 1.807) is 0 Å². The zero-order valence-electron chi connectivity index (χ0n) is 11.3. The number of halogens is 1. The Morgan fingerprint density at radius 1 is 1.05 bits per heavy atom. The molecule has 20 heavy (non-hydrogen) atoms. The molecular weight excluding hydrogens is 272 g/mol. The van der Waals surface area contributed by atoms with Crippen molar-refractivity contribution in [3.63, 3.8) is 0 Å². The molecule has 0 spiro atoms. The molecule has 0 atom stereocenters. The van der Waals surface area contributed by atoms with Crippen molar-refractivity contribution in [1.29, 1.82) is 0 Å². The molecule has 2 N–H and O–H groups in total. The predicted octanol–water partition coefficient (Wildman–Crippen LogP) is 2.74. The molecule has 2 aromatic carbocycles. The van der Waals surface area contributed by atoms with Crippen LogP contribution in [0, 0.1) is 0 Å². The summed E-state index contributed by atoms with van der Waals surface area (Å²) in [5, 5.41) is 8.70. The second kappa shape index (κ2) is 6.73. The van der Waals surface area contributed by atoms with Gasteiger partial charge in [0.05, 0.1) is 0 Å². The van der Waals surface area contributed by atoms with E-state index >= 15 is 0 Å². The largest absolute Gasteiger partial charge is 0.349 e. The van der Waals surface area contributed by atoms with Gasteiger partial charge in [0.2, 0.25) is 0 Å². The summed E-state index contributed by atoms with van der Waals surface area (Å²) in [6.45, 7) is 1.98. The van der Waals surface area contributed by atoms with Gasteiger partial charge < -0.3 is 10.6 Å². The summed E-state index contributed by atoms with van der Waals surface area (Å²) >= 11 is 0. The van der Waals surface area contributed by atoms with Gasteiger partial charge in [-0.3, -0.25) is 4.79 Å². The van der Waals surface area contributed by atoms with E-state index in [9.17, 15) is 4.79 Å². The molecule has 4 heteroatoms. The van der Waals surface area contributed by atoms with Crippen LogP contribution in [0.3, 0.4) is 0 Å². The van der Waals surface area contributed by atoms with E-state index < -0.39 is 0 Å². The van der Waals surface area contributed by atoms with E-state index in [2.05, 4.69) is 16.7 Å². The molecule has 2 aromatic rings. The number of carbonyl (C=O) groups is 1. The SMILES string of the molecule is Cl.O=C(NC1CCNCC1)c1ccc2ccccc2c1. The number of rotatable bonds is 2. The Hall–Kier alpha value is -1.58. The van der Waals surface area contributed by atoms with Crippen molar-refractivity contribution in [3.8, 4) is 0 Å². The molecule has 106 valence electrons. The Balaban J connectivity index is 0.00000147. The van der Waals surface area contributed by atoms with Crippen LogP contribution < -0.4 is 10.6 Å². The molecule has 0 radical (unpaired) electrons. The van der Waals surface area contributed by atoms with Gasteiger partial charge in [-0.2, -0.15) is 0 Å². The number of carbonyl (C=O) groups excluding carboxylic acids is 1. The predicted molar refractivity (Wildman–Crippen MR) is 84.6 cm³/mol. The van der Waals surface area contributed by atoms with Crippen molar-refractivity contribution >= 4 is 29.1 Å². The molecule has 0 aliphatic carbocycles. The van der Waals surface area contributed by atoms with Crippen LogP contribution in [0.25, 0.3) is 10.8 Å². The average molecular weight is 291 g/mol. The van der Waals surface area contributed by atoms with E-state index in [-0.39, 0.29) is 18.3 Å². The zero-order chi connectivity index (χ0) is 13.1. The molecule has 1 aliphatic heterocycles. The summed E-state index contributed by atoms with van der Waals surface area (Å²) in [4.78, 5) is 12.2. The highest BCUT2D eigenvalue weighted by Crippen LogP contribution is 2.16. The highest BCUT2D eigenvalue weighted by Gasteiger charge is 2.16. The molecule has 3 nitrogen and oxygen atoms in total. The van der Waals surface area contributed by atoms with Crippen LogP contribution in [0.5, 0.6) is 0 Å². The van der Waals surface area contributed by atoms with E-state index in [4.69, 9.17) is 0 Å². The number of benzene rings is 2. The smallest absolute Gasteiger partial charge is 0.251 e. The number of piperidine rings is 1. The molecule has 0 saturated carbocycles. The summed E-state index contributed by atoms with van der Waals surface area (Å²) in [6.07, 6.45) is 2.03. The second-order valence-corrected chi connectivity index (χ2v) is 5.06. The number of fused-ring (bicyclic) bond motifs is 1. The third kappa shape index (κ3) is 3.30. The van der Waals surface area contributed by atoms with E-state index in [0.717, 1.165) is 36.9 Å². The van der Waals surface area contributed by atoms with Crippen molar-refractivity contribution < 1.29 is 4.79 Å². The lowest BCUT2D eigenvalue weighted by Gasteiger charge is -2.23. The van der Waals surface area contributed by atoms with Gasteiger partial charge in [-0.15, -0.1) is 12.4 Å². The van der Waals surface area contributed by atoms with E-state index in [0.29, 0.717) is 6.04 Å². The minimum absolute atomic E-state index is 0. The Labute approximate surface area is 125 Å². The normalized spacial score (nSPS) is 15.6. The maximum absolute atomic E-state index is 12.2. The van der Waals surface area contributed by atoms with Crippen LogP contribution in [0.2, 0.25) is 0 Å². The minimum Gasteiger partial charge on any atom is -0.349 e. The fourth-order valence-electron chi connectivity index (χ4n) is 2.57. The van der Waals surface area contributed by atoms with Gasteiger partial charge in [-0.05, 0) is 48.8 Å². The van der Waals surface area contributed by atoms with Crippen molar-refractivity contribution in [1.82, 2.24) is 10.6 Å². The monoisotopic (exact) mass is 290 g/mol. The molecule has 1 heterocycles. The van der Waals surface area contributed by atoms with Crippen LogP contribution in [0.4, 0.5) is 0 Å². The quantitative estimate of drug-likeness (QED) is 0.893. The van der Waals surface area contributed by atoms with Crippen molar-refractivity contribution in [3.05, 3.63) is 48.0 Å². The van der Waals surface area contributed by atoms with Crippen LogP contribution in [-0.2, 0) is 0 Å². The van der Waals surface area contributed by atoms with Crippen molar-refractivity contribution in [2.75, 3.05) is 13.1 Å². The maximum Gasteiger partial charge on any atom is 0.251 e. The number of hydrogen-bond donors (Lipinski definition) is 2. The van der Waals surface area contributed by atoms with Gasteiger partial charge in [0, 0.05) is 11.6 Å². The lowest BCUT2D eigenvalue weighted by Crippen LogP contribution is -2.42. The first-order chi connectivity index (χ1) is 9.33. The van der Waals surface area contributed by atoms with Crippen molar-refractivity contribution in [2.45, 2.75) is 18.9 Å². The lowest BCUT2D eigenvalue weighted by molar-refractivity contribution is 0.0929. The highest BCUT2D eigenvalue weighted by atomic mass is 35.5. The summed E-state index contributed by atoms with van der Waals surface area (Å²) in [5.74, 6) is 0.0395. The van der Waals surface area contributed by atoms with Gasteiger partial charge in [0.1, 0.15) is 0 Å². The Morgan fingerprint density at radius 2 is 1.75 bits per heavy atom. The lowest BCUT2D eigenvalue weighted by atomic mass is 10.0.